The van der Waals surface area contributed by atoms with Gasteiger partial charge in [0.25, 0.3) is 0 Å². The highest BCUT2D eigenvalue weighted by Gasteiger charge is 2.30. The van der Waals surface area contributed by atoms with Crippen molar-refractivity contribution in [2.24, 2.45) is 10.7 Å². The summed E-state index contributed by atoms with van der Waals surface area (Å²) in [6.07, 6.45) is -3.43. The largest absolute Gasteiger partial charge is 0.416 e. The lowest BCUT2D eigenvalue weighted by molar-refractivity contribution is -0.137. The van der Waals surface area contributed by atoms with Crippen LogP contribution in [0.3, 0.4) is 0 Å². The second-order valence-electron chi connectivity index (χ2n) is 5.63. The lowest BCUT2D eigenvalue weighted by atomic mass is 10.1. The molecule has 0 unspecified atom stereocenters. The molecule has 0 atom stereocenters. The molecule has 24 heavy (non-hydrogen) atoms. The highest BCUT2D eigenvalue weighted by atomic mass is 19.4. The number of guanidine groups is 1. The van der Waals surface area contributed by atoms with E-state index in [1.165, 1.54) is 6.07 Å². The number of nitrogens with one attached hydrogen (secondary N) is 1. The van der Waals surface area contributed by atoms with Gasteiger partial charge in [-0.05, 0) is 30.7 Å². The summed E-state index contributed by atoms with van der Waals surface area (Å²) in [7, 11) is 0. The number of hydrogen-bond acceptors (Lipinski definition) is 3. The van der Waals surface area contributed by atoms with Gasteiger partial charge in [-0.25, -0.2) is 4.99 Å². The number of nitrogens with zero attached hydrogens (tertiary/aromatic N) is 2. The molecule has 1 saturated heterocycles. The Morgan fingerprint density at radius 1 is 1.29 bits per heavy atom. The van der Waals surface area contributed by atoms with Crippen LogP contribution in [0.5, 0.6) is 0 Å². The summed E-state index contributed by atoms with van der Waals surface area (Å²) in [6.45, 7) is 5.18. The maximum Gasteiger partial charge on any atom is 0.416 e. The van der Waals surface area contributed by atoms with Crippen molar-refractivity contribution in [2.75, 3.05) is 39.4 Å². The predicted octanol–water partition coefficient (Wildman–Crippen LogP) is 1.83. The molecule has 0 aromatic heterocycles. The number of ether oxygens (including phenoxy) is 1. The Morgan fingerprint density at radius 3 is 2.75 bits per heavy atom. The standard InChI is InChI=1S/C16H23F3N4O/c17-16(18,19)14-4-1-3-13(11-14)12-22-15(20)21-5-2-6-23-7-9-24-10-8-23/h1,3-4,11H,2,5-10,12H2,(H3,20,21,22). The van der Waals surface area contributed by atoms with Gasteiger partial charge in [0.15, 0.2) is 5.96 Å². The van der Waals surface area contributed by atoms with Gasteiger partial charge in [-0.15, -0.1) is 0 Å². The van der Waals surface area contributed by atoms with Gasteiger partial charge >= 0.3 is 6.18 Å². The zero-order valence-electron chi connectivity index (χ0n) is 13.5. The first kappa shape index (κ1) is 18.5. The number of morpholine rings is 1. The maximum absolute atomic E-state index is 12.6. The van der Waals surface area contributed by atoms with Crippen molar-refractivity contribution in [2.45, 2.75) is 19.1 Å². The van der Waals surface area contributed by atoms with Gasteiger partial charge in [0.1, 0.15) is 0 Å². The highest BCUT2D eigenvalue weighted by Crippen LogP contribution is 2.29. The summed E-state index contributed by atoms with van der Waals surface area (Å²) >= 11 is 0. The van der Waals surface area contributed by atoms with E-state index in [0.29, 0.717) is 12.1 Å². The van der Waals surface area contributed by atoms with E-state index < -0.39 is 11.7 Å². The minimum atomic E-state index is -4.34. The Kier molecular flexibility index (Phi) is 6.86. The fourth-order valence-electron chi connectivity index (χ4n) is 2.42. The Hall–Kier alpha value is -1.80. The molecule has 8 heteroatoms. The number of nitrogens with two attached hydrogens (primary N) is 1. The number of alkyl halides is 3. The van der Waals surface area contributed by atoms with Gasteiger partial charge in [0.2, 0.25) is 0 Å². The summed E-state index contributed by atoms with van der Waals surface area (Å²) in [5.41, 5.74) is 5.55. The van der Waals surface area contributed by atoms with Gasteiger partial charge < -0.3 is 15.8 Å². The summed E-state index contributed by atoms with van der Waals surface area (Å²) in [6, 6.07) is 5.11. The van der Waals surface area contributed by atoms with Crippen LogP contribution in [0.2, 0.25) is 0 Å². The third kappa shape index (κ3) is 6.37. The molecule has 0 aliphatic carbocycles. The van der Waals surface area contributed by atoms with Gasteiger partial charge in [0.05, 0.1) is 25.3 Å². The lowest BCUT2D eigenvalue weighted by Crippen LogP contribution is -2.39. The molecular formula is C16H23F3N4O. The Balaban J connectivity index is 1.71. The molecule has 1 fully saturated rings. The maximum atomic E-state index is 12.6. The number of halogens is 3. The Morgan fingerprint density at radius 2 is 2.04 bits per heavy atom. The van der Waals surface area contributed by atoms with Crippen LogP contribution < -0.4 is 11.1 Å². The van der Waals surface area contributed by atoms with E-state index in [4.69, 9.17) is 10.5 Å². The van der Waals surface area contributed by atoms with Crippen molar-refractivity contribution < 1.29 is 17.9 Å². The summed E-state index contributed by atoms with van der Waals surface area (Å²) < 4.78 is 43.2. The molecule has 5 nitrogen and oxygen atoms in total. The molecule has 0 saturated carbocycles. The van der Waals surface area contributed by atoms with Crippen LogP contribution in [-0.2, 0) is 17.5 Å². The predicted molar refractivity (Wildman–Crippen MR) is 86.6 cm³/mol. The van der Waals surface area contributed by atoms with E-state index in [2.05, 4.69) is 15.2 Å². The average molecular weight is 344 g/mol. The van der Waals surface area contributed by atoms with Crippen molar-refractivity contribution in [1.82, 2.24) is 10.2 Å². The quantitative estimate of drug-likeness (QED) is 0.470. The molecule has 3 N–H and O–H groups in total. The number of aliphatic imine (C=N–C) groups is 1. The molecule has 1 aliphatic heterocycles. The smallest absolute Gasteiger partial charge is 0.379 e. The minimum Gasteiger partial charge on any atom is -0.379 e. The number of hydrogen-bond donors (Lipinski definition) is 2. The molecule has 1 aromatic rings. The number of rotatable bonds is 6. The molecule has 0 radical (unpaired) electrons. The summed E-state index contributed by atoms with van der Waals surface area (Å²) in [5, 5.41) is 2.98. The average Bonchev–Trinajstić information content (AvgIpc) is 2.57. The molecule has 1 aliphatic rings. The Labute approximate surface area is 139 Å². The van der Waals surface area contributed by atoms with Crippen molar-refractivity contribution >= 4 is 5.96 Å². The molecule has 0 bridgehead atoms. The normalized spacial score (nSPS) is 17.0. The minimum absolute atomic E-state index is 0.117. The number of benzene rings is 1. The van der Waals surface area contributed by atoms with Gasteiger partial charge in [0, 0.05) is 19.6 Å². The van der Waals surface area contributed by atoms with Crippen LogP contribution in [0.15, 0.2) is 29.3 Å². The molecule has 0 spiro atoms. The molecule has 1 aromatic carbocycles. The topological polar surface area (TPSA) is 62.9 Å². The van der Waals surface area contributed by atoms with E-state index in [-0.39, 0.29) is 12.5 Å². The van der Waals surface area contributed by atoms with Crippen LogP contribution in [0.1, 0.15) is 17.5 Å². The third-order valence-corrected chi connectivity index (χ3v) is 3.75. The van der Waals surface area contributed by atoms with Crippen LogP contribution in [0.25, 0.3) is 0 Å². The fourth-order valence-corrected chi connectivity index (χ4v) is 2.42. The van der Waals surface area contributed by atoms with E-state index in [9.17, 15) is 13.2 Å². The van der Waals surface area contributed by atoms with Crippen LogP contribution in [0, 0.1) is 0 Å². The van der Waals surface area contributed by atoms with E-state index in [1.54, 1.807) is 6.07 Å². The van der Waals surface area contributed by atoms with E-state index >= 15 is 0 Å². The first-order chi connectivity index (χ1) is 11.4. The van der Waals surface area contributed by atoms with E-state index in [1.807, 2.05) is 0 Å². The van der Waals surface area contributed by atoms with Crippen LogP contribution in [0.4, 0.5) is 13.2 Å². The fraction of sp³-hybridized carbons (Fsp3) is 0.562. The third-order valence-electron chi connectivity index (χ3n) is 3.75. The molecule has 134 valence electrons. The molecule has 2 rings (SSSR count). The molecule has 0 amide bonds. The van der Waals surface area contributed by atoms with Crippen LogP contribution >= 0.6 is 0 Å². The van der Waals surface area contributed by atoms with Gasteiger partial charge in [-0.2, -0.15) is 13.2 Å². The molecular weight excluding hydrogens is 321 g/mol. The van der Waals surface area contributed by atoms with Crippen molar-refractivity contribution in [3.8, 4) is 0 Å². The highest BCUT2D eigenvalue weighted by molar-refractivity contribution is 5.77. The van der Waals surface area contributed by atoms with Crippen LogP contribution in [-0.4, -0.2) is 50.3 Å². The molecule has 1 heterocycles. The zero-order chi connectivity index (χ0) is 17.4. The second-order valence-corrected chi connectivity index (χ2v) is 5.63. The Bertz CT molecular complexity index is 542. The van der Waals surface area contributed by atoms with E-state index in [0.717, 1.165) is 51.4 Å². The SMILES string of the molecule is NC(=NCc1cccc(C(F)(F)F)c1)NCCCN1CCOCC1. The van der Waals surface area contributed by atoms with Gasteiger partial charge in [-0.1, -0.05) is 12.1 Å². The zero-order valence-corrected chi connectivity index (χ0v) is 13.5. The van der Waals surface area contributed by atoms with Crippen molar-refractivity contribution in [1.29, 1.82) is 0 Å². The summed E-state index contributed by atoms with van der Waals surface area (Å²) in [4.78, 5) is 6.40. The van der Waals surface area contributed by atoms with Crippen molar-refractivity contribution in [3.63, 3.8) is 0 Å². The van der Waals surface area contributed by atoms with Gasteiger partial charge in [-0.3, -0.25) is 4.90 Å². The monoisotopic (exact) mass is 344 g/mol. The first-order valence-corrected chi connectivity index (χ1v) is 7.95. The second kappa shape index (κ2) is 8.89. The summed E-state index contributed by atoms with van der Waals surface area (Å²) in [5.74, 6) is 0.245. The lowest BCUT2D eigenvalue weighted by Gasteiger charge is -2.26. The van der Waals surface area contributed by atoms with Crippen molar-refractivity contribution in [3.05, 3.63) is 35.4 Å². The first-order valence-electron chi connectivity index (χ1n) is 7.95.